The summed E-state index contributed by atoms with van der Waals surface area (Å²) in [7, 11) is 2.81. The molecule has 0 amide bonds. The summed E-state index contributed by atoms with van der Waals surface area (Å²) >= 11 is 0. The summed E-state index contributed by atoms with van der Waals surface area (Å²) in [5, 5.41) is 0. The van der Waals surface area contributed by atoms with Gasteiger partial charge in [-0.15, -0.1) is 0 Å². The van der Waals surface area contributed by atoms with Gasteiger partial charge in [0.25, 0.3) is 0 Å². The topological polar surface area (TPSA) is 73.8 Å². The lowest BCUT2D eigenvalue weighted by atomic mass is 10.2. The first-order valence-electron chi connectivity index (χ1n) is 6.53. The van der Waals surface area contributed by atoms with Crippen LogP contribution in [0.5, 0.6) is 0 Å². The van der Waals surface area contributed by atoms with Crippen LogP contribution in [-0.2, 0) is 35.4 Å². The number of hydrogen-bond acceptors (Lipinski definition) is 8. The Bertz CT molecular complexity index is 230. The van der Waals surface area contributed by atoms with Gasteiger partial charge in [0, 0.05) is 42.7 Å². The van der Waals surface area contributed by atoms with Crippen molar-refractivity contribution in [2.24, 2.45) is 0 Å². The average molecular weight is 345 g/mol. The van der Waals surface area contributed by atoms with E-state index >= 15 is 0 Å². The Labute approximate surface area is 129 Å². The van der Waals surface area contributed by atoms with Crippen LogP contribution >= 0.6 is 0 Å². The lowest BCUT2D eigenvalue weighted by Crippen LogP contribution is -2.51. The summed E-state index contributed by atoms with van der Waals surface area (Å²) < 4.78 is 42.8. The zero-order valence-corrected chi connectivity index (χ0v) is 16.1. The molecule has 0 N–H and O–H groups in total. The van der Waals surface area contributed by atoms with Crippen molar-refractivity contribution in [3.8, 4) is 0 Å². The van der Waals surface area contributed by atoms with Gasteiger partial charge < -0.3 is 35.4 Å². The number of hydrogen-bond donors (Lipinski definition) is 0. The summed E-state index contributed by atoms with van der Waals surface area (Å²) in [6.45, 7) is 3.77. The van der Waals surface area contributed by atoms with Gasteiger partial charge >= 0.3 is 18.1 Å². The normalized spacial score (nSPS) is 16.0. The molecule has 0 aromatic carbocycles. The SMILES string of the molecule is CO[Si](OC)(OC)OC(C)CC(C)O[Si](OC)(OC)OC. The Morgan fingerprint density at radius 2 is 0.810 bits per heavy atom. The van der Waals surface area contributed by atoms with Gasteiger partial charge in [0.15, 0.2) is 0 Å². The molecule has 10 heteroatoms. The van der Waals surface area contributed by atoms with Crippen molar-refractivity contribution in [2.45, 2.75) is 32.5 Å². The van der Waals surface area contributed by atoms with Gasteiger partial charge in [-0.25, -0.2) is 0 Å². The summed E-state index contributed by atoms with van der Waals surface area (Å²) in [6, 6.07) is 0. The molecule has 0 radical (unpaired) electrons. The van der Waals surface area contributed by atoms with Crippen LogP contribution in [0.2, 0.25) is 0 Å². The van der Waals surface area contributed by atoms with Gasteiger partial charge in [-0.1, -0.05) is 0 Å². The molecule has 0 aliphatic rings. The van der Waals surface area contributed by atoms with E-state index in [0.29, 0.717) is 6.42 Å². The van der Waals surface area contributed by atoms with E-state index < -0.39 is 18.1 Å². The van der Waals surface area contributed by atoms with Gasteiger partial charge in [0.2, 0.25) is 0 Å². The molecule has 0 aliphatic carbocycles. The molecule has 0 aromatic heterocycles. The second-order valence-electron chi connectivity index (χ2n) is 4.32. The largest absolute Gasteiger partial charge is 0.679 e. The molecule has 0 aromatic rings. The lowest BCUT2D eigenvalue weighted by Gasteiger charge is -2.30. The summed E-state index contributed by atoms with van der Waals surface area (Å²) in [5.74, 6) is 0. The van der Waals surface area contributed by atoms with Gasteiger partial charge in [0.1, 0.15) is 0 Å². The molecule has 0 saturated carbocycles. The van der Waals surface area contributed by atoms with E-state index in [1.165, 1.54) is 42.7 Å². The average Bonchev–Trinajstić information content (AvgIpc) is 2.50. The minimum Gasteiger partial charge on any atom is -0.355 e. The van der Waals surface area contributed by atoms with Crippen LogP contribution in [0.15, 0.2) is 0 Å². The summed E-state index contributed by atoms with van der Waals surface area (Å²) in [4.78, 5) is 0. The van der Waals surface area contributed by atoms with Crippen LogP contribution in [0.1, 0.15) is 20.3 Å². The van der Waals surface area contributed by atoms with Crippen molar-refractivity contribution in [2.75, 3.05) is 42.7 Å². The Kier molecular flexibility index (Phi) is 10.0. The van der Waals surface area contributed by atoms with E-state index in [4.69, 9.17) is 35.4 Å². The van der Waals surface area contributed by atoms with Crippen LogP contribution in [0, 0.1) is 0 Å². The van der Waals surface area contributed by atoms with Crippen LogP contribution in [0.4, 0.5) is 0 Å². The Morgan fingerprint density at radius 3 is 1.00 bits per heavy atom. The van der Waals surface area contributed by atoms with Crippen molar-refractivity contribution in [1.29, 1.82) is 0 Å². The second-order valence-corrected chi connectivity index (χ2v) is 9.24. The summed E-state index contributed by atoms with van der Waals surface area (Å²) in [6.07, 6.45) is 0.155. The van der Waals surface area contributed by atoms with Crippen molar-refractivity contribution in [3.63, 3.8) is 0 Å². The Balaban J connectivity index is 4.53. The fourth-order valence-corrected chi connectivity index (χ4v) is 4.60. The quantitative estimate of drug-likeness (QED) is 0.484. The predicted octanol–water partition coefficient (Wildman–Crippen LogP) is 0.936. The zero-order chi connectivity index (χ0) is 16.5. The molecule has 0 aliphatic heterocycles. The molecule has 8 nitrogen and oxygen atoms in total. The molecule has 0 heterocycles. The first kappa shape index (κ1) is 21.1. The third-order valence-corrected chi connectivity index (χ3v) is 7.24. The molecule has 0 spiro atoms. The minimum absolute atomic E-state index is 0.205. The highest BCUT2D eigenvalue weighted by molar-refractivity contribution is 6.53. The van der Waals surface area contributed by atoms with Crippen molar-refractivity contribution in [1.82, 2.24) is 0 Å². The molecular formula is C11H28O8Si2. The fraction of sp³-hybridized carbons (Fsp3) is 1.00. The molecular weight excluding hydrogens is 316 g/mol. The second kappa shape index (κ2) is 10.00. The van der Waals surface area contributed by atoms with Gasteiger partial charge in [-0.2, -0.15) is 0 Å². The van der Waals surface area contributed by atoms with E-state index in [1.807, 2.05) is 13.8 Å². The smallest absolute Gasteiger partial charge is 0.355 e. The first-order valence-corrected chi connectivity index (χ1v) is 9.79. The fourth-order valence-electron chi connectivity index (χ4n) is 1.85. The predicted molar refractivity (Wildman–Crippen MR) is 79.3 cm³/mol. The zero-order valence-electron chi connectivity index (χ0n) is 14.1. The number of rotatable bonds is 12. The molecule has 2 unspecified atom stereocenters. The van der Waals surface area contributed by atoms with E-state index in [9.17, 15) is 0 Å². The highest BCUT2D eigenvalue weighted by atomic mass is 28.4. The standard InChI is InChI=1S/C11H28O8Si2/c1-10(18-20(12-3,13-4)14-5)9-11(2)19-21(15-6,16-7)17-8/h10-11H,9H2,1-8H3. The molecule has 0 bridgehead atoms. The van der Waals surface area contributed by atoms with Gasteiger partial charge in [-0.3, -0.25) is 0 Å². The van der Waals surface area contributed by atoms with Gasteiger partial charge in [-0.05, 0) is 20.3 Å². The lowest BCUT2D eigenvalue weighted by molar-refractivity contribution is -0.0478. The Morgan fingerprint density at radius 1 is 0.571 bits per heavy atom. The van der Waals surface area contributed by atoms with E-state index in [-0.39, 0.29) is 12.2 Å². The molecule has 0 fully saturated rings. The molecule has 128 valence electrons. The summed E-state index contributed by atoms with van der Waals surface area (Å²) in [5.41, 5.74) is 0. The maximum atomic E-state index is 5.76. The third-order valence-electron chi connectivity index (χ3n) is 2.85. The van der Waals surface area contributed by atoms with Gasteiger partial charge in [0.05, 0.1) is 12.2 Å². The maximum absolute atomic E-state index is 5.76. The highest BCUT2D eigenvalue weighted by Crippen LogP contribution is 2.18. The van der Waals surface area contributed by atoms with Crippen LogP contribution < -0.4 is 0 Å². The third kappa shape index (κ3) is 6.40. The van der Waals surface area contributed by atoms with Crippen molar-refractivity contribution >= 4 is 18.1 Å². The van der Waals surface area contributed by atoms with Crippen molar-refractivity contribution < 1.29 is 35.4 Å². The maximum Gasteiger partial charge on any atom is 0.679 e. The molecule has 21 heavy (non-hydrogen) atoms. The van der Waals surface area contributed by atoms with Crippen LogP contribution in [0.25, 0.3) is 0 Å². The van der Waals surface area contributed by atoms with Crippen LogP contribution in [0.3, 0.4) is 0 Å². The molecule has 0 rings (SSSR count). The van der Waals surface area contributed by atoms with E-state index in [2.05, 4.69) is 0 Å². The monoisotopic (exact) mass is 344 g/mol. The minimum atomic E-state index is -3.07. The highest BCUT2D eigenvalue weighted by Gasteiger charge is 2.46. The van der Waals surface area contributed by atoms with E-state index in [0.717, 1.165) is 0 Å². The Hall–Kier alpha value is 0.114. The van der Waals surface area contributed by atoms with E-state index in [1.54, 1.807) is 0 Å². The van der Waals surface area contributed by atoms with Crippen LogP contribution in [-0.4, -0.2) is 73.0 Å². The first-order chi connectivity index (χ1) is 9.86. The molecule has 0 saturated heterocycles. The van der Waals surface area contributed by atoms with Crippen molar-refractivity contribution in [3.05, 3.63) is 0 Å². The molecule has 2 atom stereocenters.